The first-order chi connectivity index (χ1) is 17.2. The van der Waals surface area contributed by atoms with Crippen LogP contribution in [0.25, 0.3) is 0 Å². The van der Waals surface area contributed by atoms with E-state index in [1.807, 2.05) is 0 Å². The lowest BCUT2D eigenvalue weighted by atomic mass is 9.42. The smallest absolute Gasteiger partial charge is 0.330 e. The quantitative estimate of drug-likeness (QED) is 0.307. The molecule has 5 nitrogen and oxygen atoms in total. The number of Topliss-reactive ketones (excluding diaryl/α,β-unsaturated/α-hetero) is 1. The molecule has 5 heteroatoms. The van der Waals surface area contributed by atoms with Gasteiger partial charge in [-0.1, -0.05) is 40.7 Å². The first-order valence-electron chi connectivity index (χ1n) is 14.8. The van der Waals surface area contributed by atoms with Crippen molar-refractivity contribution in [3.63, 3.8) is 0 Å². The predicted octanol–water partition coefficient (Wildman–Crippen LogP) is 6.98. The van der Waals surface area contributed by atoms with Gasteiger partial charge in [0, 0.05) is 30.8 Å². The number of carbonyl (C=O) groups excluding carboxylic acids is 2. The Morgan fingerprint density at radius 3 is 2.27 bits per heavy atom. The summed E-state index contributed by atoms with van der Waals surface area (Å²) >= 11 is 0. The highest BCUT2D eigenvalue weighted by Gasteiger charge is 2.82. The standard InChI is InChI=1S/C32H48O5/c1-19(27(35)36)8-9-23(37-21(3)33)20(2)22-12-14-30(7)25-11-10-24-28(4,5)26(34)13-15-31(24)18-32(25,31)17-16-29(22,30)6/h8,20,22-25H,9-18H2,1-7H3,(H,35,36). The molecule has 5 saturated carbocycles. The first-order valence-corrected chi connectivity index (χ1v) is 14.8. The lowest BCUT2D eigenvalue weighted by Crippen LogP contribution is -2.57. The van der Waals surface area contributed by atoms with E-state index in [9.17, 15) is 19.5 Å². The average molecular weight is 513 g/mol. The third kappa shape index (κ3) is 3.50. The van der Waals surface area contributed by atoms with Gasteiger partial charge in [-0.05, 0) is 104 Å². The summed E-state index contributed by atoms with van der Waals surface area (Å²) in [6.45, 7) is 14.8. The molecule has 9 atom stereocenters. The Hall–Kier alpha value is -1.65. The molecule has 0 amide bonds. The van der Waals surface area contributed by atoms with Crippen LogP contribution in [0.2, 0.25) is 0 Å². The van der Waals surface area contributed by atoms with Gasteiger partial charge in [-0.2, -0.15) is 0 Å². The van der Waals surface area contributed by atoms with Gasteiger partial charge in [0.15, 0.2) is 0 Å². The number of ether oxygens (including phenoxy) is 1. The van der Waals surface area contributed by atoms with Gasteiger partial charge in [0.25, 0.3) is 0 Å². The number of carboxylic acids is 1. The van der Waals surface area contributed by atoms with Gasteiger partial charge in [0.05, 0.1) is 0 Å². The van der Waals surface area contributed by atoms with Gasteiger partial charge in [-0.15, -0.1) is 0 Å². The van der Waals surface area contributed by atoms with Crippen LogP contribution in [0.3, 0.4) is 0 Å². The number of hydrogen-bond donors (Lipinski definition) is 1. The summed E-state index contributed by atoms with van der Waals surface area (Å²) in [4.78, 5) is 36.3. The Labute approximate surface area is 223 Å². The minimum atomic E-state index is -0.922. The molecule has 206 valence electrons. The van der Waals surface area contributed by atoms with E-state index in [-0.39, 0.29) is 34.2 Å². The van der Waals surface area contributed by atoms with Crippen LogP contribution >= 0.6 is 0 Å². The molecule has 0 bridgehead atoms. The number of rotatable bonds is 6. The molecule has 37 heavy (non-hydrogen) atoms. The largest absolute Gasteiger partial charge is 0.478 e. The fourth-order valence-electron chi connectivity index (χ4n) is 11.3. The van der Waals surface area contributed by atoms with Gasteiger partial charge in [0.2, 0.25) is 0 Å². The second-order valence-electron chi connectivity index (χ2n) is 14.7. The zero-order valence-electron chi connectivity index (χ0n) is 24.1. The van der Waals surface area contributed by atoms with E-state index in [4.69, 9.17) is 4.74 Å². The van der Waals surface area contributed by atoms with Crippen molar-refractivity contribution in [3.8, 4) is 0 Å². The third-order valence-corrected chi connectivity index (χ3v) is 13.5. The van der Waals surface area contributed by atoms with E-state index in [2.05, 4.69) is 34.6 Å². The summed E-state index contributed by atoms with van der Waals surface area (Å²) in [5, 5.41) is 9.33. The van der Waals surface area contributed by atoms with Crippen molar-refractivity contribution in [2.45, 2.75) is 119 Å². The van der Waals surface area contributed by atoms with Crippen LogP contribution in [-0.2, 0) is 19.1 Å². The lowest BCUT2D eigenvalue weighted by molar-refractivity contribution is -0.162. The monoisotopic (exact) mass is 512 g/mol. The molecule has 0 radical (unpaired) electrons. The molecule has 5 fully saturated rings. The van der Waals surface area contributed by atoms with Crippen molar-refractivity contribution >= 4 is 17.7 Å². The maximum Gasteiger partial charge on any atom is 0.330 e. The van der Waals surface area contributed by atoms with Crippen molar-refractivity contribution in [3.05, 3.63) is 11.6 Å². The number of fused-ring (bicyclic) bond motifs is 2. The molecule has 5 aliphatic rings. The molecular formula is C32H48O5. The number of aliphatic carboxylic acids is 1. The third-order valence-electron chi connectivity index (χ3n) is 13.5. The molecule has 0 saturated heterocycles. The summed E-state index contributed by atoms with van der Waals surface area (Å²) in [6, 6.07) is 0. The molecular weight excluding hydrogens is 464 g/mol. The molecule has 0 aromatic rings. The summed E-state index contributed by atoms with van der Waals surface area (Å²) in [6.07, 6.45) is 12.3. The average Bonchev–Trinajstić information content (AvgIpc) is 3.41. The Bertz CT molecular complexity index is 1040. The molecule has 0 aliphatic heterocycles. The summed E-state index contributed by atoms with van der Waals surface area (Å²) in [5.41, 5.74) is 1.33. The molecule has 0 aromatic heterocycles. The van der Waals surface area contributed by atoms with E-state index in [1.54, 1.807) is 13.0 Å². The molecule has 5 rings (SSSR count). The molecule has 1 N–H and O–H groups in total. The first kappa shape index (κ1) is 26.9. The molecule has 5 aliphatic carbocycles. The van der Waals surface area contributed by atoms with Gasteiger partial charge in [-0.25, -0.2) is 4.79 Å². The van der Waals surface area contributed by atoms with Gasteiger partial charge in [-0.3, -0.25) is 9.59 Å². The Kier molecular flexibility index (Phi) is 6.13. The second kappa shape index (κ2) is 8.42. The normalized spacial score (nSPS) is 45.5. The van der Waals surface area contributed by atoms with E-state index in [0.29, 0.717) is 46.4 Å². The number of esters is 1. The zero-order chi connectivity index (χ0) is 27.2. The van der Waals surface area contributed by atoms with E-state index in [0.717, 1.165) is 19.3 Å². The van der Waals surface area contributed by atoms with Crippen LogP contribution in [0.1, 0.15) is 113 Å². The zero-order valence-corrected chi connectivity index (χ0v) is 24.1. The van der Waals surface area contributed by atoms with Crippen molar-refractivity contribution in [2.75, 3.05) is 0 Å². The van der Waals surface area contributed by atoms with Crippen molar-refractivity contribution in [1.82, 2.24) is 0 Å². The molecule has 0 aromatic carbocycles. The fraction of sp³-hybridized carbons (Fsp3) is 0.844. The lowest BCUT2D eigenvalue weighted by Gasteiger charge is -2.62. The number of carbonyl (C=O) groups is 3. The minimum Gasteiger partial charge on any atom is -0.478 e. The van der Waals surface area contributed by atoms with Crippen molar-refractivity contribution < 1.29 is 24.2 Å². The Morgan fingerprint density at radius 2 is 1.62 bits per heavy atom. The topological polar surface area (TPSA) is 80.7 Å². The van der Waals surface area contributed by atoms with Crippen molar-refractivity contribution in [1.29, 1.82) is 0 Å². The van der Waals surface area contributed by atoms with Gasteiger partial charge in [0.1, 0.15) is 11.9 Å². The fourth-order valence-corrected chi connectivity index (χ4v) is 11.3. The molecule has 9 unspecified atom stereocenters. The van der Waals surface area contributed by atoms with Gasteiger partial charge < -0.3 is 9.84 Å². The van der Waals surface area contributed by atoms with Crippen LogP contribution in [0, 0.1) is 50.7 Å². The van der Waals surface area contributed by atoms with Crippen LogP contribution in [0.5, 0.6) is 0 Å². The highest BCUT2D eigenvalue weighted by molar-refractivity contribution is 5.86. The van der Waals surface area contributed by atoms with E-state index < -0.39 is 5.97 Å². The van der Waals surface area contributed by atoms with Crippen molar-refractivity contribution in [2.24, 2.45) is 50.7 Å². The molecule has 2 spiro atoms. The van der Waals surface area contributed by atoms with E-state index >= 15 is 0 Å². The van der Waals surface area contributed by atoms with Crippen LogP contribution in [-0.4, -0.2) is 28.9 Å². The minimum absolute atomic E-state index is 0.165. The Morgan fingerprint density at radius 1 is 0.973 bits per heavy atom. The summed E-state index contributed by atoms with van der Waals surface area (Å²) in [7, 11) is 0. The van der Waals surface area contributed by atoms with Crippen LogP contribution < -0.4 is 0 Å². The van der Waals surface area contributed by atoms with E-state index in [1.165, 1.54) is 45.4 Å². The van der Waals surface area contributed by atoms with Crippen LogP contribution in [0.4, 0.5) is 0 Å². The SMILES string of the molecule is CC(=O)OC(CC=C(C)C(=O)O)C(C)C1CCC2(C)C3CCC4C(C)(C)C(=O)CCC45CC35CCC12C. The highest BCUT2D eigenvalue weighted by atomic mass is 16.5. The van der Waals surface area contributed by atoms with Gasteiger partial charge >= 0.3 is 11.9 Å². The summed E-state index contributed by atoms with van der Waals surface area (Å²) < 4.78 is 5.84. The predicted molar refractivity (Wildman–Crippen MR) is 143 cm³/mol. The Balaban J connectivity index is 1.42. The maximum atomic E-state index is 12.9. The van der Waals surface area contributed by atoms with Crippen LogP contribution in [0.15, 0.2) is 11.6 Å². The number of carboxylic acid groups (broad SMARTS) is 1. The summed E-state index contributed by atoms with van der Waals surface area (Å²) in [5.74, 6) is 1.12. The number of ketones is 1. The second-order valence-corrected chi connectivity index (χ2v) is 14.7. The highest BCUT2D eigenvalue weighted by Crippen LogP contribution is 2.88. The maximum absolute atomic E-state index is 12.9. The number of hydrogen-bond acceptors (Lipinski definition) is 4. The molecule has 0 heterocycles.